The number of hydrogen-bond acceptors (Lipinski definition) is 1. The minimum atomic E-state index is 0.107. The molecule has 0 saturated heterocycles. The SMILES string of the molecule is CCCCc1ccc2c(c1)cc(CO)n2C. The Balaban J connectivity index is 2.38. The summed E-state index contributed by atoms with van der Waals surface area (Å²) in [6.45, 7) is 2.32. The summed E-state index contributed by atoms with van der Waals surface area (Å²) in [6, 6.07) is 8.66. The van der Waals surface area contributed by atoms with Crippen molar-refractivity contribution in [1.82, 2.24) is 4.57 Å². The quantitative estimate of drug-likeness (QED) is 0.836. The summed E-state index contributed by atoms with van der Waals surface area (Å²) >= 11 is 0. The van der Waals surface area contributed by atoms with Crippen LogP contribution in [0.25, 0.3) is 10.9 Å². The van der Waals surface area contributed by atoms with Crippen LogP contribution in [0.1, 0.15) is 31.0 Å². The van der Waals surface area contributed by atoms with Gasteiger partial charge in [-0.15, -0.1) is 0 Å². The molecule has 0 bridgehead atoms. The van der Waals surface area contributed by atoms with Crippen molar-refractivity contribution in [3.8, 4) is 0 Å². The lowest BCUT2D eigenvalue weighted by Gasteiger charge is -2.02. The Morgan fingerprint density at radius 1 is 1.25 bits per heavy atom. The molecule has 86 valence electrons. The first-order valence-corrected chi connectivity index (χ1v) is 5.94. The molecule has 0 radical (unpaired) electrons. The van der Waals surface area contributed by atoms with Gasteiger partial charge in [0, 0.05) is 23.6 Å². The molecule has 1 heterocycles. The van der Waals surface area contributed by atoms with E-state index in [2.05, 4.69) is 35.8 Å². The van der Waals surface area contributed by atoms with Crippen LogP contribution in [0.2, 0.25) is 0 Å². The van der Waals surface area contributed by atoms with Gasteiger partial charge in [0.05, 0.1) is 6.61 Å². The van der Waals surface area contributed by atoms with Crippen LogP contribution in [0, 0.1) is 0 Å². The predicted octanol–water partition coefficient (Wildman–Crippen LogP) is 3.01. The second kappa shape index (κ2) is 4.71. The second-order valence-corrected chi connectivity index (χ2v) is 4.35. The Morgan fingerprint density at radius 2 is 2.06 bits per heavy atom. The van der Waals surface area contributed by atoms with Crippen molar-refractivity contribution in [2.45, 2.75) is 32.8 Å². The van der Waals surface area contributed by atoms with E-state index >= 15 is 0 Å². The highest BCUT2D eigenvalue weighted by molar-refractivity contribution is 5.82. The zero-order valence-electron chi connectivity index (χ0n) is 10.0. The summed E-state index contributed by atoms with van der Waals surface area (Å²) in [5.74, 6) is 0. The molecule has 0 atom stereocenters. The number of aromatic nitrogens is 1. The fourth-order valence-electron chi connectivity index (χ4n) is 2.14. The van der Waals surface area contributed by atoms with Crippen LogP contribution in [0.4, 0.5) is 0 Å². The summed E-state index contributed by atoms with van der Waals surface area (Å²) in [7, 11) is 2.00. The lowest BCUT2D eigenvalue weighted by atomic mass is 10.1. The third kappa shape index (κ3) is 1.98. The van der Waals surface area contributed by atoms with Crippen LogP contribution in [0.15, 0.2) is 24.3 Å². The smallest absolute Gasteiger partial charge is 0.0833 e. The summed E-state index contributed by atoms with van der Waals surface area (Å²) in [6.07, 6.45) is 3.62. The minimum Gasteiger partial charge on any atom is -0.390 e. The maximum atomic E-state index is 9.21. The number of aliphatic hydroxyl groups is 1. The molecule has 0 amide bonds. The number of fused-ring (bicyclic) bond motifs is 1. The maximum Gasteiger partial charge on any atom is 0.0833 e. The molecule has 2 rings (SSSR count). The number of unbranched alkanes of at least 4 members (excludes halogenated alkanes) is 1. The van der Waals surface area contributed by atoms with E-state index < -0.39 is 0 Å². The van der Waals surface area contributed by atoms with Gasteiger partial charge in [-0.25, -0.2) is 0 Å². The van der Waals surface area contributed by atoms with Crippen LogP contribution in [-0.2, 0) is 20.1 Å². The number of hydrogen-bond donors (Lipinski definition) is 1. The minimum absolute atomic E-state index is 0.107. The molecule has 16 heavy (non-hydrogen) atoms. The first-order valence-electron chi connectivity index (χ1n) is 5.94. The molecule has 0 aliphatic rings. The van der Waals surface area contributed by atoms with Gasteiger partial charge in [-0.3, -0.25) is 0 Å². The first kappa shape index (κ1) is 11.2. The van der Waals surface area contributed by atoms with Gasteiger partial charge in [0.15, 0.2) is 0 Å². The van der Waals surface area contributed by atoms with Crippen LogP contribution in [0.5, 0.6) is 0 Å². The van der Waals surface area contributed by atoms with Gasteiger partial charge in [0.1, 0.15) is 0 Å². The molecule has 2 heteroatoms. The molecule has 0 unspecified atom stereocenters. The number of aliphatic hydroxyl groups excluding tert-OH is 1. The number of nitrogens with zero attached hydrogens (tertiary/aromatic N) is 1. The Labute approximate surface area is 96.5 Å². The molecule has 2 aromatic rings. The van der Waals surface area contributed by atoms with E-state index in [1.54, 1.807) is 0 Å². The lowest BCUT2D eigenvalue weighted by Crippen LogP contribution is -1.94. The Morgan fingerprint density at radius 3 is 2.75 bits per heavy atom. The normalized spacial score (nSPS) is 11.2. The molecule has 0 saturated carbocycles. The highest BCUT2D eigenvalue weighted by Gasteiger charge is 2.05. The lowest BCUT2D eigenvalue weighted by molar-refractivity contribution is 0.273. The Hall–Kier alpha value is -1.28. The van der Waals surface area contributed by atoms with Gasteiger partial charge in [-0.1, -0.05) is 19.4 Å². The highest BCUT2D eigenvalue weighted by atomic mass is 16.3. The second-order valence-electron chi connectivity index (χ2n) is 4.35. The molecule has 1 aromatic heterocycles. The van der Waals surface area contributed by atoms with E-state index in [1.165, 1.54) is 29.3 Å². The average Bonchev–Trinajstić information content (AvgIpc) is 2.63. The molecule has 0 spiro atoms. The molecule has 1 N–H and O–H groups in total. The first-order chi connectivity index (χ1) is 7.76. The molecule has 2 nitrogen and oxygen atoms in total. The van der Waals surface area contributed by atoms with E-state index in [0.29, 0.717) is 0 Å². The van der Waals surface area contributed by atoms with Crippen LogP contribution in [0.3, 0.4) is 0 Å². The largest absolute Gasteiger partial charge is 0.390 e. The van der Waals surface area contributed by atoms with Crippen molar-refractivity contribution >= 4 is 10.9 Å². The number of aryl methyl sites for hydroxylation is 2. The fourth-order valence-corrected chi connectivity index (χ4v) is 2.14. The van der Waals surface area contributed by atoms with Gasteiger partial charge in [0.2, 0.25) is 0 Å². The zero-order chi connectivity index (χ0) is 11.5. The Kier molecular flexibility index (Phi) is 3.30. The van der Waals surface area contributed by atoms with Gasteiger partial charge in [-0.05, 0) is 36.6 Å². The van der Waals surface area contributed by atoms with Crippen LogP contribution in [-0.4, -0.2) is 9.67 Å². The van der Waals surface area contributed by atoms with Crippen LogP contribution < -0.4 is 0 Å². The standard InChI is InChI=1S/C14H19NO/c1-3-4-5-11-6-7-14-12(8-11)9-13(10-16)15(14)2/h6-9,16H,3-5,10H2,1-2H3. The zero-order valence-corrected chi connectivity index (χ0v) is 10.0. The molecule has 0 aliphatic heterocycles. The number of benzene rings is 1. The summed E-state index contributed by atoms with van der Waals surface area (Å²) in [4.78, 5) is 0. The summed E-state index contributed by atoms with van der Waals surface area (Å²) < 4.78 is 2.05. The fraction of sp³-hybridized carbons (Fsp3) is 0.429. The molecular formula is C14H19NO. The van der Waals surface area contributed by atoms with Crippen molar-refractivity contribution in [1.29, 1.82) is 0 Å². The summed E-state index contributed by atoms with van der Waals surface area (Å²) in [5, 5.41) is 10.4. The summed E-state index contributed by atoms with van der Waals surface area (Å²) in [5.41, 5.74) is 3.57. The maximum absolute atomic E-state index is 9.21. The van der Waals surface area contributed by atoms with Crippen LogP contribution >= 0.6 is 0 Å². The van der Waals surface area contributed by atoms with Crippen molar-refractivity contribution in [2.24, 2.45) is 7.05 Å². The Bertz CT molecular complexity index is 485. The van der Waals surface area contributed by atoms with Crippen molar-refractivity contribution < 1.29 is 5.11 Å². The third-order valence-corrected chi connectivity index (χ3v) is 3.19. The van der Waals surface area contributed by atoms with Gasteiger partial charge < -0.3 is 9.67 Å². The van der Waals surface area contributed by atoms with E-state index in [-0.39, 0.29) is 6.61 Å². The van der Waals surface area contributed by atoms with E-state index in [9.17, 15) is 5.11 Å². The van der Waals surface area contributed by atoms with E-state index in [0.717, 1.165) is 12.1 Å². The van der Waals surface area contributed by atoms with Crippen molar-refractivity contribution in [2.75, 3.05) is 0 Å². The van der Waals surface area contributed by atoms with E-state index in [1.807, 2.05) is 7.05 Å². The molecule has 0 fully saturated rings. The molecule has 0 aliphatic carbocycles. The highest BCUT2D eigenvalue weighted by Crippen LogP contribution is 2.21. The monoisotopic (exact) mass is 217 g/mol. The van der Waals surface area contributed by atoms with E-state index in [4.69, 9.17) is 0 Å². The van der Waals surface area contributed by atoms with Gasteiger partial charge >= 0.3 is 0 Å². The van der Waals surface area contributed by atoms with Crippen molar-refractivity contribution in [3.05, 3.63) is 35.5 Å². The molecular weight excluding hydrogens is 198 g/mol. The third-order valence-electron chi connectivity index (χ3n) is 3.19. The van der Waals surface area contributed by atoms with Crippen molar-refractivity contribution in [3.63, 3.8) is 0 Å². The van der Waals surface area contributed by atoms with Gasteiger partial charge in [-0.2, -0.15) is 0 Å². The topological polar surface area (TPSA) is 25.2 Å². The predicted molar refractivity (Wildman–Crippen MR) is 67.5 cm³/mol. The average molecular weight is 217 g/mol. The molecule has 1 aromatic carbocycles. The van der Waals surface area contributed by atoms with Gasteiger partial charge in [0.25, 0.3) is 0 Å². The number of rotatable bonds is 4.